The first-order valence-electron chi connectivity index (χ1n) is 6.12. The third-order valence-electron chi connectivity index (χ3n) is 2.73. The summed E-state index contributed by atoms with van der Waals surface area (Å²) in [5.41, 5.74) is 3.09. The fourth-order valence-corrected chi connectivity index (χ4v) is 3.38. The highest BCUT2D eigenvalue weighted by Crippen LogP contribution is 2.33. The van der Waals surface area contributed by atoms with Crippen molar-refractivity contribution in [2.45, 2.75) is 32.7 Å². The molecule has 2 aromatic rings. The SMILES string of the molecule is CN(Cc1cscn1)c1nc(C(C)(C)C)c(C(=O)O)s1. The maximum Gasteiger partial charge on any atom is 0.347 e. The van der Waals surface area contributed by atoms with E-state index in [-0.39, 0.29) is 5.41 Å². The molecule has 20 heavy (non-hydrogen) atoms. The van der Waals surface area contributed by atoms with Crippen molar-refractivity contribution in [3.63, 3.8) is 0 Å². The van der Waals surface area contributed by atoms with Gasteiger partial charge in [-0.2, -0.15) is 0 Å². The first-order valence-corrected chi connectivity index (χ1v) is 7.87. The van der Waals surface area contributed by atoms with E-state index in [1.807, 2.05) is 38.1 Å². The van der Waals surface area contributed by atoms with Crippen molar-refractivity contribution in [2.24, 2.45) is 0 Å². The maximum atomic E-state index is 11.4. The first-order chi connectivity index (χ1) is 9.29. The summed E-state index contributed by atoms with van der Waals surface area (Å²) in [5, 5.41) is 12.0. The summed E-state index contributed by atoms with van der Waals surface area (Å²) in [6, 6.07) is 0. The lowest BCUT2D eigenvalue weighted by molar-refractivity contribution is 0.0699. The highest BCUT2D eigenvalue weighted by Gasteiger charge is 2.27. The van der Waals surface area contributed by atoms with Crippen molar-refractivity contribution in [2.75, 3.05) is 11.9 Å². The number of carboxylic acid groups (broad SMARTS) is 1. The Labute approximate surface area is 125 Å². The number of rotatable bonds is 4. The Bertz CT molecular complexity index is 600. The van der Waals surface area contributed by atoms with Gasteiger partial charge in [0.1, 0.15) is 4.88 Å². The van der Waals surface area contributed by atoms with Gasteiger partial charge in [-0.3, -0.25) is 0 Å². The van der Waals surface area contributed by atoms with E-state index in [9.17, 15) is 9.90 Å². The average Bonchev–Trinajstić information content (AvgIpc) is 2.95. The molecular formula is C13H17N3O2S2. The summed E-state index contributed by atoms with van der Waals surface area (Å²) in [7, 11) is 1.90. The summed E-state index contributed by atoms with van der Waals surface area (Å²) in [5.74, 6) is -0.916. The van der Waals surface area contributed by atoms with Crippen LogP contribution in [0.25, 0.3) is 0 Å². The standard InChI is InChI=1S/C13H17N3O2S2/c1-13(2,3)10-9(11(17)18)20-12(15-10)16(4)5-8-6-19-7-14-8/h6-7H,5H2,1-4H3,(H,17,18). The molecule has 1 N–H and O–H groups in total. The van der Waals surface area contributed by atoms with Crippen molar-refractivity contribution in [1.82, 2.24) is 9.97 Å². The zero-order valence-electron chi connectivity index (χ0n) is 11.9. The molecule has 7 heteroatoms. The number of anilines is 1. The van der Waals surface area contributed by atoms with Crippen molar-refractivity contribution in [1.29, 1.82) is 0 Å². The molecule has 0 atom stereocenters. The van der Waals surface area contributed by atoms with E-state index in [4.69, 9.17) is 0 Å². The largest absolute Gasteiger partial charge is 0.477 e. The molecule has 0 unspecified atom stereocenters. The van der Waals surface area contributed by atoms with Crippen LogP contribution >= 0.6 is 22.7 Å². The van der Waals surface area contributed by atoms with Crippen molar-refractivity contribution < 1.29 is 9.90 Å². The molecule has 0 amide bonds. The first kappa shape index (κ1) is 14.9. The van der Waals surface area contributed by atoms with E-state index >= 15 is 0 Å². The number of thiazole rings is 2. The van der Waals surface area contributed by atoms with Gasteiger partial charge in [0.15, 0.2) is 5.13 Å². The van der Waals surface area contributed by atoms with Crippen LogP contribution in [-0.2, 0) is 12.0 Å². The van der Waals surface area contributed by atoms with Crippen molar-refractivity contribution >= 4 is 33.8 Å². The summed E-state index contributed by atoms with van der Waals surface area (Å²) >= 11 is 2.76. The third-order valence-corrected chi connectivity index (χ3v) is 4.52. The van der Waals surface area contributed by atoms with Crippen LogP contribution in [0.1, 0.15) is 41.8 Å². The van der Waals surface area contributed by atoms with Gasteiger partial charge in [-0.1, -0.05) is 32.1 Å². The number of aromatic carboxylic acids is 1. The predicted octanol–water partition coefficient (Wildman–Crippen LogP) is 3.23. The zero-order valence-corrected chi connectivity index (χ0v) is 13.5. The Morgan fingerprint density at radius 2 is 2.15 bits per heavy atom. The van der Waals surface area contributed by atoms with Gasteiger partial charge in [0.05, 0.1) is 23.4 Å². The molecule has 0 aromatic carbocycles. The predicted molar refractivity (Wildman–Crippen MR) is 82.0 cm³/mol. The Kier molecular flexibility index (Phi) is 4.10. The normalized spacial score (nSPS) is 11.6. The van der Waals surface area contributed by atoms with E-state index in [2.05, 4.69) is 9.97 Å². The molecule has 0 aliphatic carbocycles. The van der Waals surface area contributed by atoms with E-state index in [1.54, 1.807) is 16.8 Å². The number of carbonyl (C=O) groups is 1. The van der Waals surface area contributed by atoms with E-state index in [0.717, 1.165) is 5.69 Å². The molecule has 0 radical (unpaired) electrons. The minimum Gasteiger partial charge on any atom is -0.477 e. The molecule has 0 spiro atoms. The molecule has 2 aromatic heterocycles. The fourth-order valence-electron chi connectivity index (χ4n) is 1.75. The molecule has 0 aliphatic rings. The third kappa shape index (κ3) is 3.16. The molecule has 0 aliphatic heterocycles. The topological polar surface area (TPSA) is 66.3 Å². The van der Waals surface area contributed by atoms with Gasteiger partial charge < -0.3 is 10.0 Å². The van der Waals surface area contributed by atoms with Gasteiger partial charge in [-0.15, -0.1) is 11.3 Å². The van der Waals surface area contributed by atoms with E-state index in [0.29, 0.717) is 22.2 Å². The minimum absolute atomic E-state index is 0.288. The van der Waals surface area contributed by atoms with Crippen molar-refractivity contribution in [3.05, 3.63) is 27.2 Å². The molecule has 108 valence electrons. The lowest BCUT2D eigenvalue weighted by Crippen LogP contribution is -2.18. The summed E-state index contributed by atoms with van der Waals surface area (Å²) < 4.78 is 0. The van der Waals surface area contributed by atoms with Gasteiger partial charge in [0, 0.05) is 17.8 Å². The quantitative estimate of drug-likeness (QED) is 0.939. The average molecular weight is 311 g/mol. The second kappa shape index (κ2) is 5.49. The summed E-state index contributed by atoms with van der Waals surface area (Å²) in [6.07, 6.45) is 0. The zero-order chi connectivity index (χ0) is 14.9. The Morgan fingerprint density at radius 3 is 2.60 bits per heavy atom. The molecule has 0 saturated carbocycles. The van der Waals surface area contributed by atoms with Crippen LogP contribution < -0.4 is 4.90 Å². The van der Waals surface area contributed by atoms with Crippen molar-refractivity contribution in [3.8, 4) is 0 Å². The van der Waals surface area contributed by atoms with Crippen LogP contribution in [-0.4, -0.2) is 28.1 Å². The molecular weight excluding hydrogens is 294 g/mol. The number of nitrogens with zero attached hydrogens (tertiary/aromatic N) is 3. The van der Waals surface area contributed by atoms with Gasteiger partial charge >= 0.3 is 5.97 Å². The smallest absolute Gasteiger partial charge is 0.347 e. The molecule has 2 rings (SSSR count). The molecule has 2 heterocycles. The van der Waals surface area contributed by atoms with Gasteiger partial charge in [-0.05, 0) is 0 Å². The van der Waals surface area contributed by atoms with Crippen LogP contribution in [0.3, 0.4) is 0 Å². The molecule has 0 bridgehead atoms. The number of hydrogen-bond donors (Lipinski definition) is 1. The van der Waals surface area contributed by atoms with Crippen LogP contribution in [0.2, 0.25) is 0 Å². The monoisotopic (exact) mass is 311 g/mol. The number of carboxylic acids is 1. The van der Waals surface area contributed by atoms with Crippen LogP contribution in [0, 0.1) is 0 Å². The Balaban J connectivity index is 2.31. The highest BCUT2D eigenvalue weighted by atomic mass is 32.1. The van der Waals surface area contributed by atoms with Gasteiger partial charge in [0.2, 0.25) is 0 Å². The van der Waals surface area contributed by atoms with E-state index in [1.165, 1.54) is 11.3 Å². The van der Waals surface area contributed by atoms with E-state index < -0.39 is 5.97 Å². The second-order valence-electron chi connectivity index (χ2n) is 5.57. The fraction of sp³-hybridized carbons (Fsp3) is 0.462. The lowest BCUT2D eigenvalue weighted by Gasteiger charge is -2.17. The van der Waals surface area contributed by atoms with Crippen LogP contribution in [0.5, 0.6) is 0 Å². The molecule has 0 fully saturated rings. The number of hydrogen-bond acceptors (Lipinski definition) is 6. The maximum absolute atomic E-state index is 11.4. The summed E-state index contributed by atoms with van der Waals surface area (Å²) in [6.45, 7) is 6.54. The van der Waals surface area contributed by atoms with Crippen LogP contribution in [0.4, 0.5) is 5.13 Å². The Hall–Kier alpha value is -1.47. The number of aromatic nitrogens is 2. The second-order valence-corrected chi connectivity index (χ2v) is 7.26. The molecule has 5 nitrogen and oxygen atoms in total. The minimum atomic E-state index is -0.916. The van der Waals surface area contributed by atoms with Gasteiger partial charge in [-0.25, -0.2) is 14.8 Å². The van der Waals surface area contributed by atoms with Crippen LogP contribution in [0.15, 0.2) is 10.9 Å². The Morgan fingerprint density at radius 1 is 1.45 bits per heavy atom. The lowest BCUT2D eigenvalue weighted by atomic mass is 9.91. The molecule has 0 saturated heterocycles. The summed E-state index contributed by atoms with van der Waals surface area (Å²) in [4.78, 5) is 22.4. The van der Waals surface area contributed by atoms with Gasteiger partial charge in [0.25, 0.3) is 0 Å². The highest BCUT2D eigenvalue weighted by molar-refractivity contribution is 7.17.